The average Bonchev–Trinajstić information content (AvgIpc) is 2.77. The monoisotopic (exact) mass is 247 g/mol. The van der Waals surface area contributed by atoms with Crippen molar-refractivity contribution in [3.8, 4) is 0 Å². The van der Waals surface area contributed by atoms with Crippen molar-refractivity contribution in [1.82, 2.24) is 5.32 Å². The molecule has 0 aliphatic carbocycles. The number of rotatable bonds is 4. The van der Waals surface area contributed by atoms with E-state index in [9.17, 15) is 0 Å². The van der Waals surface area contributed by atoms with Crippen LogP contribution in [0.5, 0.6) is 0 Å². The summed E-state index contributed by atoms with van der Waals surface area (Å²) in [6.07, 6.45) is 2.77. The van der Waals surface area contributed by atoms with Crippen LogP contribution in [-0.4, -0.2) is 17.5 Å². The summed E-state index contributed by atoms with van der Waals surface area (Å²) in [7, 11) is 0. The molecular weight excluding hydrogens is 234 g/mol. The van der Waals surface area contributed by atoms with Crippen LogP contribution in [0, 0.1) is 0 Å². The number of thiophene rings is 1. The van der Waals surface area contributed by atoms with E-state index in [1.165, 1.54) is 23.5 Å². The molecule has 78 valence electrons. The zero-order valence-corrected chi connectivity index (χ0v) is 10.4. The molecule has 4 heteroatoms. The first-order valence-electron chi connectivity index (χ1n) is 4.91. The molecule has 1 saturated heterocycles. The van der Waals surface area contributed by atoms with Gasteiger partial charge < -0.3 is 5.32 Å². The van der Waals surface area contributed by atoms with Gasteiger partial charge in [-0.25, -0.2) is 0 Å². The van der Waals surface area contributed by atoms with E-state index in [0.717, 1.165) is 22.7 Å². The highest BCUT2D eigenvalue weighted by Gasteiger charge is 2.14. The second-order valence-electron chi connectivity index (χ2n) is 3.47. The van der Waals surface area contributed by atoms with Crippen LogP contribution >= 0.6 is 34.7 Å². The van der Waals surface area contributed by atoms with Gasteiger partial charge in [-0.15, -0.1) is 11.3 Å². The number of hydrogen-bond donors (Lipinski definition) is 1. The van der Waals surface area contributed by atoms with Crippen LogP contribution in [0.25, 0.3) is 0 Å². The van der Waals surface area contributed by atoms with Crippen molar-refractivity contribution in [3.05, 3.63) is 21.3 Å². The maximum absolute atomic E-state index is 5.85. The van der Waals surface area contributed by atoms with Crippen LogP contribution < -0.4 is 5.32 Å². The van der Waals surface area contributed by atoms with E-state index in [1.54, 1.807) is 11.3 Å². The second-order valence-corrected chi connectivity index (χ2v) is 6.68. The minimum absolute atomic E-state index is 0.838. The Morgan fingerprint density at radius 2 is 2.43 bits per heavy atom. The lowest BCUT2D eigenvalue weighted by Gasteiger charge is -2.08. The lowest BCUT2D eigenvalue weighted by molar-refractivity contribution is 0.650. The molecule has 1 N–H and O–H groups in total. The first-order valence-corrected chi connectivity index (χ1v) is 7.15. The molecule has 1 atom stereocenters. The summed E-state index contributed by atoms with van der Waals surface area (Å²) >= 11 is 9.62. The molecule has 1 aromatic rings. The van der Waals surface area contributed by atoms with Crippen LogP contribution in [0.15, 0.2) is 12.1 Å². The maximum Gasteiger partial charge on any atom is 0.0931 e. The first kappa shape index (κ1) is 10.8. The molecule has 0 bridgehead atoms. The third-order valence-electron chi connectivity index (χ3n) is 2.32. The Hall–Kier alpha value is 0.300. The third-order valence-corrected chi connectivity index (χ3v) is 4.95. The second kappa shape index (κ2) is 5.40. The molecule has 1 aromatic heterocycles. The highest BCUT2D eigenvalue weighted by molar-refractivity contribution is 8.00. The molecule has 14 heavy (non-hydrogen) atoms. The normalized spacial score (nSPS) is 21.6. The Morgan fingerprint density at radius 3 is 3.07 bits per heavy atom. The van der Waals surface area contributed by atoms with Gasteiger partial charge in [0.2, 0.25) is 0 Å². The Bertz CT molecular complexity index is 281. The third kappa shape index (κ3) is 3.16. The van der Waals surface area contributed by atoms with Crippen LogP contribution in [-0.2, 0) is 6.54 Å². The van der Waals surface area contributed by atoms with Crippen molar-refractivity contribution in [2.24, 2.45) is 0 Å². The van der Waals surface area contributed by atoms with Crippen LogP contribution in [0.4, 0.5) is 0 Å². The molecule has 2 heterocycles. The lowest BCUT2D eigenvalue weighted by Crippen LogP contribution is -2.22. The van der Waals surface area contributed by atoms with Crippen molar-refractivity contribution in [2.45, 2.75) is 24.6 Å². The van der Waals surface area contributed by atoms with Crippen molar-refractivity contribution in [1.29, 1.82) is 0 Å². The molecule has 0 radical (unpaired) electrons. The van der Waals surface area contributed by atoms with E-state index < -0.39 is 0 Å². The van der Waals surface area contributed by atoms with E-state index in [0.29, 0.717) is 0 Å². The SMILES string of the molecule is Clc1ccc(CNCC2CCCS2)s1. The molecule has 0 amide bonds. The Balaban J connectivity index is 1.67. The van der Waals surface area contributed by atoms with Crippen LogP contribution in [0.2, 0.25) is 4.34 Å². The van der Waals surface area contributed by atoms with Gasteiger partial charge in [0.15, 0.2) is 0 Å². The van der Waals surface area contributed by atoms with Crippen molar-refractivity contribution >= 4 is 34.7 Å². The Kier molecular flexibility index (Phi) is 4.17. The fourth-order valence-corrected chi connectivity index (χ4v) is 3.90. The van der Waals surface area contributed by atoms with Gasteiger partial charge in [-0.1, -0.05) is 11.6 Å². The van der Waals surface area contributed by atoms with Gasteiger partial charge in [-0.3, -0.25) is 0 Å². The summed E-state index contributed by atoms with van der Waals surface area (Å²) in [4.78, 5) is 1.33. The molecule has 0 aromatic carbocycles. The molecule has 1 aliphatic heterocycles. The lowest BCUT2D eigenvalue weighted by atomic mass is 10.2. The summed E-state index contributed by atoms with van der Waals surface area (Å²) in [6.45, 7) is 2.11. The van der Waals surface area contributed by atoms with E-state index in [1.807, 2.05) is 6.07 Å². The number of halogens is 1. The summed E-state index contributed by atoms with van der Waals surface area (Å²) in [5.74, 6) is 1.34. The standard InChI is InChI=1S/C10H14ClNS2/c11-10-4-3-9(14-10)7-12-6-8-2-1-5-13-8/h3-4,8,12H,1-2,5-7H2. The zero-order chi connectivity index (χ0) is 9.80. The number of thioether (sulfide) groups is 1. The van der Waals surface area contributed by atoms with Gasteiger partial charge >= 0.3 is 0 Å². The summed E-state index contributed by atoms with van der Waals surface area (Å²) in [5.41, 5.74) is 0. The Labute approximate surface area is 98.2 Å². The molecule has 1 fully saturated rings. The van der Waals surface area contributed by atoms with Crippen molar-refractivity contribution in [2.75, 3.05) is 12.3 Å². The van der Waals surface area contributed by atoms with Gasteiger partial charge in [-0.05, 0) is 30.7 Å². The predicted molar refractivity (Wildman–Crippen MR) is 66.5 cm³/mol. The van der Waals surface area contributed by atoms with Gasteiger partial charge in [0.1, 0.15) is 0 Å². The molecule has 0 spiro atoms. The van der Waals surface area contributed by atoms with E-state index >= 15 is 0 Å². The summed E-state index contributed by atoms with van der Waals surface area (Å²) in [6, 6.07) is 4.06. The molecular formula is C10H14ClNS2. The predicted octanol–water partition coefficient (Wildman–Crippen LogP) is 3.39. The van der Waals surface area contributed by atoms with Gasteiger partial charge in [0.25, 0.3) is 0 Å². The summed E-state index contributed by atoms with van der Waals surface area (Å²) in [5, 5.41) is 4.33. The average molecular weight is 248 g/mol. The first-order chi connectivity index (χ1) is 6.84. The topological polar surface area (TPSA) is 12.0 Å². The van der Waals surface area contributed by atoms with Crippen molar-refractivity contribution < 1.29 is 0 Å². The summed E-state index contributed by atoms with van der Waals surface area (Å²) < 4.78 is 0.886. The van der Waals surface area contributed by atoms with Gasteiger partial charge in [0.05, 0.1) is 4.34 Å². The quantitative estimate of drug-likeness (QED) is 0.876. The maximum atomic E-state index is 5.85. The van der Waals surface area contributed by atoms with Crippen LogP contribution in [0.3, 0.4) is 0 Å². The van der Waals surface area contributed by atoms with Gasteiger partial charge in [0, 0.05) is 23.2 Å². The molecule has 2 rings (SSSR count). The number of hydrogen-bond acceptors (Lipinski definition) is 3. The molecule has 0 saturated carbocycles. The van der Waals surface area contributed by atoms with E-state index in [-0.39, 0.29) is 0 Å². The highest BCUT2D eigenvalue weighted by Crippen LogP contribution is 2.25. The zero-order valence-electron chi connectivity index (χ0n) is 7.96. The molecule has 1 aliphatic rings. The fourth-order valence-electron chi connectivity index (χ4n) is 1.61. The van der Waals surface area contributed by atoms with Gasteiger partial charge in [-0.2, -0.15) is 11.8 Å². The molecule has 1 unspecified atom stereocenters. The van der Waals surface area contributed by atoms with E-state index in [2.05, 4.69) is 23.1 Å². The molecule has 1 nitrogen and oxygen atoms in total. The smallest absolute Gasteiger partial charge is 0.0931 e. The van der Waals surface area contributed by atoms with Crippen LogP contribution in [0.1, 0.15) is 17.7 Å². The fraction of sp³-hybridized carbons (Fsp3) is 0.600. The Morgan fingerprint density at radius 1 is 1.50 bits per heavy atom. The minimum atomic E-state index is 0.838. The van der Waals surface area contributed by atoms with E-state index in [4.69, 9.17) is 11.6 Å². The largest absolute Gasteiger partial charge is 0.311 e. The highest BCUT2D eigenvalue weighted by atomic mass is 35.5. The number of nitrogens with one attached hydrogen (secondary N) is 1. The minimum Gasteiger partial charge on any atom is -0.311 e. The van der Waals surface area contributed by atoms with Crippen molar-refractivity contribution in [3.63, 3.8) is 0 Å².